The van der Waals surface area contributed by atoms with Crippen LogP contribution >= 0.6 is 11.8 Å². The lowest BCUT2D eigenvalue weighted by molar-refractivity contribution is -0.144. The standard InChI is InChI=1S/C16H25NO2S/c1-4-9-17-16(3,15(18)19)8-10-20-12-14-7-5-6-13(2)11-14/h5-7,11,17H,4,8-10,12H2,1-3H3,(H,18,19). The predicted octanol–water partition coefficient (Wildman–Crippen LogP) is 3.46. The van der Waals surface area contributed by atoms with Crippen molar-refractivity contribution in [3.05, 3.63) is 35.4 Å². The van der Waals surface area contributed by atoms with E-state index in [4.69, 9.17) is 0 Å². The molecule has 1 atom stereocenters. The van der Waals surface area contributed by atoms with Gasteiger partial charge in [0.1, 0.15) is 5.54 Å². The second-order valence-corrected chi connectivity index (χ2v) is 6.46. The molecule has 0 aliphatic carbocycles. The summed E-state index contributed by atoms with van der Waals surface area (Å²) in [5.74, 6) is 1.01. The molecule has 1 aromatic carbocycles. The summed E-state index contributed by atoms with van der Waals surface area (Å²) in [4.78, 5) is 11.4. The summed E-state index contributed by atoms with van der Waals surface area (Å²) < 4.78 is 0. The first-order chi connectivity index (χ1) is 9.48. The molecule has 0 aromatic heterocycles. The maximum absolute atomic E-state index is 11.4. The highest BCUT2D eigenvalue weighted by molar-refractivity contribution is 7.98. The summed E-state index contributed by atoms with van der Waals surface area (Å²) in [5, 5.41) is 12.5. The zero-order valence-electron chi connectivity index (χ0n) is 12.6. The van der Waals surface area contributed by atoms with Crippen LogP contribution < -0.4 is 5.32 Å². The van der Waals surface area contributed by atoms with E-state index in [-0.39, 0.29) is 0 Å². The summed E-state index contributed by atoms with van der Waals surface area (Å²) in [6.07, 6.45) is 1.58. The monoisotopic (exact) mass is 295 g/mol. The smallest absolute Gasteiger partial charge is 0.323 e. The van der Waals surface area contributed by atoms with Crippen molar-refractivity contribution >= 4 is 17.7 Å². The van der Waals surface area contributed by atoms with Crippen molar-refractivity contribution < 1.29 is 9.90 Å². The summed E-state index contributed by atoms with van der Waals surface area (Å²) >= 11 is 1.79. The fourth-order valence-corrected chi connectivity index (χ4v) is 3.05. The van der Waals surface area contributed by atoms with Crippen LogP contribution in [0.15, 0.2) is 24.3 Å². The fraction of sp³-hybridized carbons (Fsp3) is 0.562. The molecule has 2 N–H and O–H groups in total. The molecule has 1 unspecified atom stereocenters. The number of carboxylic acid groups (broad SMARTS) is 1. The highest BCUT2D eigenvalue weighted by Crippen LogP contribution is 2.19. The third-order valence-electron chi connectivity index (χ3n) is 3.33. The van der Waals surface area contributed by atoms with Gasteiger partial charge in [-0.25, -0.2) is 0 Å². The van der Waals surface area contributed by atoms with Crippen molar-refractivity contribution in [3.63, 3.8) is 0 Å². The highest BCUT2D eigenvalue weighted by Gasteiger charge is 2.31. The third kappa shape index (κ3) is 5.55. The van der Waals surface area contributed by atoms with Gasteiger partial charge in [-0.05, 0) is 44.6 Å². The van der Waals surface area contributed by atoms with Crippen molar-refractivity contribution in [2.75, 3.05) is 12.3 Å². The van der Waals surface area contributed by atoms with E-state index in [2.05, 4.69) is 36.5 Å². The Bertz CT molecular complexity index is 436. The molecule has 0 saturated carbocycles. The van der Waals surface area contributed by atoms with Gasteiger partial charge in [0.15, 0.2) is 0 Å². The molecule has 4 heteroatoms. The van der Waals surface area contributed by atoms with Crippen molar-refractivity contribution in [2.24, 2.45) is 0 Å². The lowest BCUT2D eigenvalue weighted by Gasteiger charge is -2.26. The summed E-state index contributed by atoms with van der Waals surface area (Å²) in [7, 11) is 0. The number of aliphatic carboxylic acids is 1. The Morgan fingerprint density at radius 1 is 1.45 bits per heavy atom. The lowest BCUT2D eigenvalue weighted by Crippen LogP contribution is -2.50. The maximum atomic E-state index is 11.4. The highest BCUT2D eigenvalue weighted by atomic mass is 32.2. The van der Waals surface area contributed by atoms with Crippen molar-refractivity contribution in [1.82, 2.24) is 5.32 Å². The second-order valence-electron chi connectivity index (χ2n) is 5.36. The molecule has 112 valence electrons. The van der Waals surface area contributed by atoms with Crippen LogP contribution in [0.3, 0.4) is 0 Å². The van der Waals surface area contributed by atoms with Gasteiger partial charge < -0.3 is 10.4 Å². The van der Waals surface area contributed by atoms with Crippen LogP contribution in [0.4, 0.5) is 0 Å². The predicted molar refractivity (Wildman–Crippen MR) is 86.3 cm³/mol. The minimum absolute atomic E-state index is 0.638. The van der Waals surface area contributed by atoms with E-state index >= 15 is 0 Å². The largest absolute Gasteiger partial charge is 0.480 e. The number of nitrogens with one attached hydrogen (secondary N) is 1. The minimum Gasteiger partial charge on any atom is -0.480 e. The molecule has 0 aliphatic heterocycles. The summed E-state index contributed by atoms with van der Waals surface area (Å²) in [5.41, 5.74) is 1.76. The van der Waals surface area contributed by atoms with Crippen LogP contribution in [0.1, 0.15) is 37.8 Å². The van der Waals surface area contributed by atoms with E-state index in [0.29, 0.717) is 6.42 Å². The Morgan fingerprint density at radius 3 is 2.80 bits per heavy atom. The number of benzene rings is 1. The van der Waals surface area contributed by atoms with Crippen LogP contribution in [-0.4, -0.2) is 28.9 Å². The van der Waals surface area contributed by atoms with Crippen molar-refractivity contribution in [1.29, 1.82) is 0 Å². The zero-order chi connectivity index (χ0) is 15.0. The van der Waals surface area contributed by atoms with Gasteiger partial charge in [-0.2, -0.15) is 11.8 Å². The van der Waals surface area contributed by atoms with Gasteiger partial charge in [-0.15, -0.1) is 0 Å². The van der Waals surface area contributed by atoms with Gasteiger partial charge in [0, 0.05) is 5.75 Å². The molecule has 0 bridgehead atoms. The van der Waals surface area contributed by atoms with E-state index in [1.165, 1.54) is 11.1 Å². The number of thioether (sulfide) groups is 1. The van der Waals surface area contributed by atoms with Crippen LogP contribution in [0, 0.1) is 6.92 Å². The Hall–Kier alpha value is -1.00. The third-order valence-corrected chi connectivity index (χ3v) is 4.37. The number of carbonyl (C=O) groups is 1. The van der Waals surface area contributed by atoms with Crippen LogP contribution in [0.5, 0.6) is 0 Å². The van der Waals surface area contributed by atoms with Crippen LogP contribution in [0.25, 0.3) is 0 Å². The van der Waals surface area contributed by atoms with Gasteiger partial charge in [-0.3, -0.25) is 4.79 Å². The van der Waals surface area contributed by atoms with E-state index < -0.39 is 11.5 Å². The van der Waals surface area contributed by atoms with E-state index in [1.54, 1.807) is 18.7 Å². The van der Waals surface area contributed by atoms with Gasteiger partial charge in [-0.1, -0.05) is 36.8 Å². The number of aryl methyl sites for hydroxylation is 1. The fourth-order valence-electron chi connectivity index (χ4n) is 1.94. The molecule has 0 radical (unpaired) electrons. The maximum Gasteiger partial charge on any atom is 0.323 e. The minimum atomic E-state index is -0.810. The number of carboxylic acids is 1. The SMILES string of the molecule is CCCNC(C)(CCSCc1cccc(C)c1)C(=O)O. The number of hydrogen-bond acceptors (Lipinski definition) is 3. The van der Waals surface area contributed by atoms with Gasteiger partial charge >= 0.3 is 5.97 Å². The molecule has 3 nitrogen and oxygen atoms in total. The Balaban J connectivity index is 2.39. The molecule has 1 aromatic rings. The molecule has 0 fully saturated rings. The van der Waals surface area contributed by atoms with Crippen molar-refractivity contribution in [3.8, 4) is 0 Å². The van der Waals surface area contributed by atoms with Crippen molar-refractivity contribution in [2.45, 2.75) is 44.9 Å². The number of rotatable bonds is 9. The first-order valence-corrected chi connectivity index (χ1v) is 8.25. The summed E-state index contributed by atoms with van der Waals surface area (Å²) in [6, 6.07) is 8.45. The second kappa shape index (κ2) is 8.32. The van der Waals surface area contributed by atoms with E-state index in [9.17, 15) is 9.90 Å². The quantitative estimate of drug-likeness (QED) is 0.685. The molecule has 20 heavy (non-hydrogen) atoms. The van der Waals surface area contributed by atoms with Crippen LogP contribution in [-0.2, 0) is 10.5 Å². The molecular formula is C16H25NO2S. The van der Waals surface area contributed by atoms with E-state index in [1.807, 2.05) is 6.92 Å². The Kier molecular flexibility index (Phi) is 7.10. The number of hydrogen-bond donors (Lipinski definition) is 2. The first kappa shape index (κ1) is 17.1. The zero-order valence-corrected chi connectivity index (χ0v) is 13.4. The molecule has 0 amide bonds. The molecule has 0 heterocycles. The average Bonchev–Trinajstić information content (AvgIpc) is 2.41. The van der Waals surface area contributed by atoms with E-state index in [0.717, 1.165) is 24.5 Å². The molecule has 0 spiro atoms. The van der Waals surface area contributed by atoms with Gasteiger partial charge in [0.25, 0.3) is 0 Å². The topological polar surface area (TPSA) is 49.3 Å². The molecular weight excluding hydrogens is 270 g/mol. The molecule has 0 aliphatic rings. The molecule has 1 rings (SSSR count). The van der Waals surface area contributed by atoms with Gasteiger partial charge in [0.2, 0.25) is 0 Å². The normalized spacial score (nSPS) is 13.9. The lowest BCUT2D eigenvalue weighted by atomic mass is 9.99. The first-order valence-electron chi connectivity index (χ1n) is 7.09. The Labute approximate surface area is 126 Å². The Morgan fingerprint density at radius 2 is 2.20 bits per heavy atom. The average molecular weight is 295 g/mol. The van der Waals surface area contributed by atoms with Gasteiger partial charge in [0.05, 0.1) is 0 Å². The van der Waals surface area contributed by atoms with Crippen LogP contribution in [0.2, 0.25) is 0 Å². The summed E-state index contributed by atoms with van der Waals surface area (Å²) in [6.45, 7) is 6.65. The molecule has 0 saturated heterocycles.